The Morgan fingerprint density at radius 3 is 0.919 bits per heavy atom. The number of carbonyl (C=O) groups is 2. The summed E-state index contributed by atoms with van der Waals surface area (Å²) in [6, 6.07) is 0. The summed E-state index contributed by atoms with van der Waals surface area (Å²) in [7, 11) is 1.49. The zero-order chi connectivity index (χ0) is 62.6. The molecule has 0 aliphatic rings. The maximum atomic E-state index is 12.9. The maximum Gasteiger partial charge on any atom is 0.472 e. The van der Waals surface area contributed by atoms with Crippen LogP contribution >= 0.6 is 7.82 Å². The Labute approximate surface area is 536 Å². The van der Waals surface area contributed by atoms with Crippen molar-refractivity contribution in [3.63, 3.8) is 0 Å². The first-order chi connectivity index (χ1) is 42.0. The third kappa shape index (κ3) is 71.6. The van der Waals surface area contributed by atoms with Gasteiger partial charge in [-0.25, -0.2) is 4.57 Å². The highest BCUT2D eigenvalue weighted by atomic mass is 31.2. The first-order valence-corrected chi connectivity index (χ1v) is 39.6. The van der Waals surface area contributed by atoms with Crippen LogP contribution in [0.4, 0.5) is 0 Å². The number of quaternary nitrogens is 1. The number of rotatable bonds is 72. The molecule has 9 nitrogen and oxygen atoms in total. The molecular formula is C76H149NO8P+. The summed E-state index contributed by atoms with van der Waals surface area (Å²) in [6.45, 7) is 4.49. The summed E-state index contributed by atoms with van der Waals surface area (Å²) in [5.41, 5.74) is 0. The fourth-order valence-corrected chi connectivity index (χ4v) is 12.4. The van der Waals surface area contributed by atoms with Gasteiger partial charge in [-0.2, -0.15) is 0 Å². The van der Waals surface area contributed by atoms with Crippen molar-refractivity contribution >= 4 is 19.8 Å². The van der Waals surface area contributed by atoms with E-state index >= 15 is 0 Å². The van der Waals surface area contributed by atoms with Crippen LogP contribution in [0.3, 0.4) is 0 Å². The van der Waals surface area contributed by atoms with E-state index in [1.165, 1.54) is 321 Å². The van der Waals surface area contributed by atoms with Gasteiger partial charge in [-0.15, -0.1) is 0 Å². The van der Waals surface area contributed by atoms with Gasteiger partial charge in [0, 0.05) is 12.8 Å². The second-order valence-corrected chi connectivity index (χ2v) is 28.9. The smallest absolute Gasteiger partial charge is 0.462 e. The lowest BCUT2D eigenvalue weighted by molar-refractivity contribution is -0.870. The SMILES string of the molecule is CCCCCCC/C=C\C/C=C\CCCCCCCCCCCC(=O)OC(COC(=O)CCCCCCCCCCCCCCCCCCCCCCCCCCCCCCCCCCCCCCCCCCC)COP(=O)(O)OCC[N+](C)(C)C. The van der Waals surface area contributed by atoms with Gasteiger partial charge in [0.15, 0.2) is 6.10 Å². The van der Waals surface area contributed by atoms with E-state index in [1.54, 1.807) is 0 Å². The highest BCUT2D eigenvalue weighted by Gasteiger charge is 2.27. The van der Waals surface area contributed by atoms with E-state index in [0.717, 1.165) is 44.9 Å². The van der Waals surface area contributed by atoms with Crippen molar-refractivity contribution in [1.29, 1.82) is 0 Å². The van der Waals surface area contributed by atoms with Crippen molar-refractivity contribution in [2.24, 2.45) is 0 Å². The molecular weight excluding hydrogens is 1090 g/mol. The van der Waals surface area contributed by atoms with Gasteiger partial charge in [0.1, 0.15) is 19.8 Å². The number of likely N-dealkylation sites (N-methyl/N-ethyl adjacent to an activating group) is 1. The quantitative estimate of drug-likeness (QED) is 0.0211. The predicted octanol–water partition coefficient (Wildman–Crippen LogP) is 24.8. The lowest BCUT2D eigenvalue weighted by Gasteiger charge is -2.24. The number of allylic oxidation sites excluding steroid dienone is 4. The van der Waals surface area contributed by atoms with Crippen LogP contribution in [0.5, 0.6) is 0 Å². The maximum absolute atomic E-state index is 12.9. The first kappa shape index (κ1) is 84.5. The number of ether oxygens (including phenoxy) is 2. The summed E-state index contributed by atoms with van der Waals surface area (Å²) in [5.74, 6) is -0.781. The second kappa shape index (κ2) is 67.9. The van der Waals surface area contributed by atoms with Crippen LogP contribution in [0.15, 0.2) is 24.3 Å². The average Bonchev–Trinajstić information content (AvgIpc) is 3.67. The fourth-order valence-electron chi connectivity index (χ4n) is 11.6. The Morgan fingerprint density at radius 1 is 0.360 bits per heavy atom. The van der Waals surface area contributed by atoms with Crippen molar-refractivity contribution in [2.45, 2.75) is 405 Å². The minimum atomic E-state index is -4.39. The van der Waals surface area contributed by atoms with E-state index in [-0.39, 0.29) is 25.6 Å². The van der Waals surface area contributed by atoms with Crippen molar-refractivity contribution in [3.05, 3.63) is 24.3 Å². The average molecular weight is 1240 g/mol. The van der Waals surface area contributed by atoms with Gasteiger partial charge in [0.25, 0.3) is 0 Å². The molecule has 0 aromatic carbocycles. The molecule has 0 radical (unpaired) electrons. The molecule has 0 rings (SSSR count). The monoisotopic (exact) mass is 1240 g/mol. The van der Waals surface area contributed by atoms with Crippen LogP contribution in [-0.4, -0.2) is 74.9 Å². The Balaban J connectivity index is 3.84. The van der Waals surface area contributed by atoms with Crippen molar-refractivity contribution < 1.29 is 42.1 Å². The molecule has 0 aliphatic carbocycles. The number of unbranched alkanes of at least 4 members (excludes halogenated alkanes) is 54. The fraction of sp³-hybridized carbons (Fsp3) is 0.921. The largest absolute Gasteiger partial charge is 0.472 e. The van der Waals surface area contributed by atoms with Gasteiger partial charge in [0.05, 0.1) is 27.7 Å². The van der Waals surface area contributed by atoms with Gasteiger partial charge in [0.2, 0.25) is 0 Å². The molecule has 0 saturated carbocycles. The summed E-state index contributed by atoms with van der Waals surface area (Å²) in [5, 5.41) is 0. The summed E-state index contributed by atoms with van der Waals surface area (Å²) in [4.78, 5) is 35.9. The Hall–Kier alpha value is -1.51. The highest BCUT2D eigenvalue weighted by molar-refractivity contribution is 7.47. The van der Waals surface area contributed by atoms with Gasteiger partial charge in [-0.05, 0) is 44.9 Å². The zero-order valence-corrected chi connectivity index (χ0v) is 59.2. The molecule has 0 saturated heterocycles. The molecule has 0 aliphatic heterocycles. The molecule has 2 atom stereocenters. The van der Waals surface area contributed by atoms with Crippen molar-refractivity contribution in [3.8, 4) is 0 Å². The minimum Gasteiger partial charge on any atom is -0.462 e. The molecule has 0 fully saturated rings. The predicted molar refractivity (Wildman–Crippen MR) is 372 cm³/mol. The Morgan fingerprint density at radius 2 is 0.628 bits per heavy atom. The number of phosphoric acid groups is 1. The van der Waals surface area contributed by atoms with Crippen LogP contribution in [0.25, 0.3) is 0 Å². The van der Waals surface area contributed by atoms with Gasteiger partial charge in [-0.1, -0.05) is 366 Å². The van der Waals surface area contributed by atoms with Crippen LogP contribution in [-0.2, 0) is 32.7 Å². The minimum absolute atomic E-state index is 0.0335. The van der Waals surface area contributed by atoms with E-state index in [0.29, 0.717) is 23.9 Å². The van der Waals surface area contributed by atoms with E-state index in [1.807, 2.05) is 21.1 Å². The molecule has 0 heterocycles. The summed E-state index contributed by atoms with van der Waals surface area (Å²) >= 11 is 0. The number of carbonyl (C=O) groups excluding carboxylic acids is 2. The summed E-state index contributed by atoms with van der Waals surface area (Å²) < 4.78 is 34.7. The van der Waals surface area contributed by atoms with Crippen molar-refractivity contribution in [1.82, 2.24) is 0 Å². The topological polar surface area (TPSA) is 108 Å². The van der Waals surface area contributed by atoms with Crippen LogP contribution in [0.1, 0.15) is 399 Å². The van der Waals surface area contributed by atoms with Crippen LogP contribution < -0.4 is 0 Å². The molecule has 0 aromatic heterocycles. The van der Waals surface area contributed by atoms with Crippen LogP contribution in [0.2, 0.25) is 0 Å². The highest BCUT2D eigenvalue weighted by Crippen LogP contribution is 2.43. The van der Waals surface area contributed by atoms with Crippen molar-refractivity contribution in [2.75, 3.05) is 47.5 Å². The zero-order valence-electron chi connectivity index (χ0n) is 58.3. The van der Waals surface area contributed by atoms with E-state index in [9.17, 15) is 19.0 Å². The normalized spacial score (nSPS) is 13.1. The third-order valence-electron chi connectivity index (χ3n) is 17.5. The van der Waals surface area contributed by atoms with E-state index in [2.05, 4.69) is 38.2 Å². The third-order valence-corrected chi connectivity index (χ3v) is 18.5. The van der Waals surface area contributed by atoms with Gasteiger partial charge < -0.3 is 18.9 Å². The summed E-state index contributed by atoms with van der Waals surface area (Å²) in [6.07, 6.45) is 86.2. The molecule has 0 bridgehead atoms. The molecule has 10 heteroatoms. The van der Waals surface area contributed by atoms with Gasteiger partial charge in [-0.3, -0.25) is 18.6 Å². The molecule has 0 amide bonds. The van der Waals surface area contributed by atoms with Gasteiger partial charge >= 0.3 is 19.8 Å². The number of phosphoric ester groups is 1. The molecule has 1 N–H and O–H groups in total. The Bertz CT molecular complexity index is 1500. The second-order valence-electron chi connectivity index (χ2n) is 27.4. The molecule has 0 spiro atoms. The van der Waals surface area contributed by atoms with E-state index < -0.39 is 26.5 Å². The number of esters is 2. The number of hydrogen-bond acceptors (Lipinski definition) is 7. The molecule has 0 aromatic rings. The molecule has 2 unspecified atom stereocenters. The lowest BCUT2D eigenvalue weighted by Crippen LogP contribution is -2.37. The lowest BCUT2D eigenvalue weighted by atomic mass is 10.0. The standard InChI is InChI=1S/C76H148NO8P/c1-6-8-10-12-14-16-18-20-22-24-26-28-29-30-31-32-33-34-35-36-37-38-39-40-41-42-43-44-45-46-47-49-50-52-54-56-58-60-62-64-66-68-75(78)82-72-74(73-84-86(80,81)83-71-70-77(3,4)5)85-76(79)69-67-65-63-61-59-57-55-53-51-48-27-25-23-21-19-17-15-13-11-9-7-2/h19,21,25,27,74H,6-18,20,22-24,26,28-73H2,1-5H3/p+1/b21-19-,27-25-. The van der Waals surface area contributed by atoms with E-state index in [4.69, 9.17) is 18.5 Å². The molecule has 510 valence electrons. The number of nitrogens with zero attached hydrogens (tertiary/aromatic N) is 1. The van der Waals surface area contributed by atoms with Crippen LogP contribution in [0, 0.1) is 0 Å². The molecule has 86 heavy (non-hydrogen) atoms. The number of hydrogen-bond donors (Lipinski definition) is 1. The first-order valence-electron chi connectivity index (χ1n) is 38.1. The Kier molecular flexibility index (Phi) is 66.7.